The fraction of sp³-hybridized carbons (Fsp3) is 0.111. The van der Waals surface area contributed by atoms with E-state index in [1.165, 1.54) is 5.56 Å². The van der Waals surface area contributed by atoms with Gasteiger partial charge in [-0.3, -0.25) is 0 Å². The third-order valence-electron chi connectivity index (χ3n) is 7.70. The molecule has 3 aromatic heterocycles. The van der Waals surface area contributed by atoms with Crippen molar-refractivity contribution in [3.05, 3.63) is 101 Å². The molecule has 212 valence electrons. The third kappa shape index (κ3) is 4.85. The quantitative estimate of drug-likeness (QED) is 0.219. The van der Waals surface area contributed by atoms with Crippen molar-refractivity contribution >= 4 is 46.4 Å². The Bertz CT molecular complexity index is 2070. The first-order chi connectivity index (χ1) is 21.0. The summed E-state index contributed by atoms with van der Waals surface area (Å²) in [5.74, 6) is 1.87. The first-order valence-corrected chi connectivity index (χ1v) is 14.0. The fourth-order valence-corrected chi connectivity index (χ4v) is 5.61. The molecule has 5 aromatic rings. The van der Waals surface area contributed by atoms with Crippen molar-refractivity contribution in [1.82, 2.24) is 19.9 Å². The maximum Gasteiger partial charge on any atom is 0.134 e. The van der Waals surface area contributed by atoms with Crippen LogP contribution in [0.2, 0.25) is 0 Å². The number of ether oxygens (including phenoxy) is 3. The van der Waals surface area contributed by atoms with Gasteiger partial charge < -0.3 is 24.2 Å². The highest BCUT2D eigenvalue weighted by Crippen LogP contribution is 2.45. The summed E-state index contributed by atoms with van der Waals surface area (Å²) < 4.78 is 17.2. The molecule has 0 aliphatic carbocycles. The van der Waals surface area contributed by atoms with E-state index in [0.29, 0.717) is 17.2 Å². The van der Waals surface area contributed by atoms with E-state index in [9.17, 15) is 0 Å². The first-order valence-electron chi connectivity index (χ1n) is 14.0. The standard InChI is InChI=1S/C36H30N4O3/c1-21-5-7-22(8-6-21)34-28-13-9-23(37-28)17-25-11-15-30(39-25)35(36-32(42-3)19-27(41-2)20-33(36)43-4)31-16-12-26(40-31)18-24-10-14-29(34)38-24/h5-20,37,40H,1-4H3. The average Bonchev–Trinajstić information content (AvgIpc) is 3.84. The molecule has 5 heterocycles. The minimum Gasteiger partial charge on any atom is -0.496 e. The van der Waals surface area contributed by atoms with E-state index in [1.54, 1.807) is 21.3 Å². The van der Waals surface area contributed by atoms with Crippen LogP contribution in [0.3, 0.4) is 0 Å². The van der Waals surface area contributed by atoms with Crippen LogP contribution in [0.15, 0.2) is 72.8 Å². The Balaban J connectivity index is 1.57. The largest absolute Gasteiger partial charge is 0.496 e. The fourth-order valence-electron chi connectivity index (χ4n) is 5.61. The molecule has 0 atom stereocenters. The van der Waals surface area contributed by atoms with E-state index in [0.717, 1.165) is 67.1 Å². The van der Waals surface area contributed by atoms with Crippen LogP contribution in [0.1, 0.15) is 28.3 Å². The van der Waals surface area contributed by atoms with Gasteiger partial charge in [-0.15, -0.1) is 0 Å². The highest BCUT2D eigenvalue weighted by atomic mass is 16.5. The van der Waals surface area contributed by atoms with E-state index < -0.39 is 0 Å². The summed E-state index contributed by atoms with van der Waals surface area (Å²) in [5, 5.41) is 0. The Kier molecular flexibility index (Phi) is 6.55. The number of aryl methyl sites for hydroxylation is 1. The molecule has 0 fully saturated rings. The van der Waals surface area contributed by atoms with E-state index in [4.69, 9.17) is 24.2 Å². The number of aromatic amines is 2. The number of benzene rings is 2. The van der Waals surface area contributed by atoms with Crippen LogP contribution >= 0.6 is 0 Å². The summed E-state index contributed by atoms with van der Waals surface area (Å²) in [6, 6.07) is 24.6. The smallest absolute Gasteiger partial charge is 0.134 e. The van der Waals surface area contributed by atoms with Gasteiger partial charge in [0.1, 0.15) is 17.2 Å². The molecule has 0 spiro atoms. The van der Waals surface area contributed by atoms with Crippen molar-refractivity contribution in [3.8, 4) is 39.5 Å². The zero-order valence-corrected chi connectivity index (χ0v) is 24.4. The summed E-state index contributed by atoms with van der Waals surface area (Å²) in [5.41, 5.74) is 12.0. The van der Waals surface area contributed by atoms with Gasteiger partial charge in [-0.1, -0.05) is 29.8 Å². The van der Waals surface area contributed by atoms with Crippen LogP contribution in [0.4, 0.5) is 0 Å². The molecule has 2 aliphatic heterocycles. The molecular weight excluding hydrogens is 536 g/mol. The Morgan fingerprint density at radius 2 is 1.07 bits per heavy atom. The number of aromatic nitrogens is 4. The van der Waals surface area contributed by atoms with Gasteiger partial charge in [0.2, 0.25) is 0 Å². The molecule has 0 saturated carbocycles. The minimum absolute atomic E-state index is 0.616. The lowest BCUT2D eigenvalue weighted by Gasteiger charge is -2.16. The van der Waals surface area contributed by atoms with Gasteiger partial charge in [0, 0.05) is 45.3 Å². The Morgan fingerprint density at radius 3 is 1.60 bits per heavy atom. The van der Waals surface area contributed by atoms with E-state index in [-0.39, 0.29) is 0 Å². The summed E-state index contributed by atoms with van der Waals surface area (Å²) in [6.07, 6.45) is 8.15. The van der Waals surface area contributed by atoms with Crippen LogP contribution < -0.4 is 14.2 Å². The Morgan fingerprint density at radius 1 is 0.535 bits per heavy atom. The predicted octanol–water partition coefficient (Wildman–Crippen LogP) is 8.32. The number of H-pyrrole nitrogens is 2. The van der Waals surface area contributed by atoms with Gasteiger partial charge in [-0.25, -0.2) is 9.97 Å². The van der Waals surface area contributed by atoms with Crippen LogP contribution in [0.5, 0.6) is 17.2 Å². The van der Waals surface area contributed by atoms with Gasteiger partial charge in [0.05, 0.1) is 49.7 Å². The molecule has 2 aromatic carbocycles. The SMILES string of the molecule is COc1cc(OC)c(-c2c3nc(cc4ccc([nH]4)c(-c4ccc(C)cc4)c4nc(cc5ccc2[nH]5)C=C4)C=C3)c(OC)c1. The lowest BCUT2D eigenvalue weighted by atomic mass is 10.0. The molecule has 0 saturated heterocycles. The van der Waals surface area contributed by atoms with Gasteiger partial charge in [0.15, 0.2) is 0 Å². The molecule has 7 nitrogen and oxygen atoms in total. The van der Waals surface area contributed by atoms with Crippen molar-refractivity contribution in [1.29, 1.82) is 0 Å². The average molecular weight is 567 g/mol. The van der Waals surface area contributed by atoms with E-state index in [2.05, 4.69) is 59.4 Å². The lowest BCUT2D eigenvalue weighted by molar-refractivity contribution is 0.377. The number of rotatable bonds is 5. The maximum absolute atomic E-state index is 5.86. The number of hydrogen-bond donors (Lipinski definition) is 2. The number of hydrogen-bond acceptors (Lipinski definition) is 5. The minimum atomic E-state index is 0.616. The van der Waals surface area contributed by atoms with Gasteiger partial charge in [-0.05, 0) is 73.2 Å². The first kappa shape index (κ1) is 26.3. The highest BCUT2D eigenvalue weighted by Gasteiger charge is 2.21. The predicted molar refractivity (Wildman–Crippen MR) is 174 cm³/mol. The van der Waals surface area contributed by atoms with Crippen molar-refractivity contribution in [2.75, 3.05) is 21.3 Å². The third-order valence-corrected chi connectivity index (χ3v) is 7.70. The molecule has 0 unspecified atom stereocenters. The summed E-state index contributed by atoms with van der Waals surface area (Å²) in [4.78, 5) is 17.3. The van der Waals surface area contributed by atoms with Crippen molar-refractivity contribution < 1.29 is 14.2 Å². The summed E-state index contributed by atoms with van der Waals surface area (Å²) >= 11 is 0. The lowest BCUT2D eigenvalue weighted by Crippen LogP contribution is -1.97. The zero-order valence-electron chi connectivity index (χ0n) is 24.4. The molecule has 7 heteroatoms. The summed E-state index contributed by atoms with van der Waals surface area (Å²) in [7, 11) is 4.91. The molecule has 2 N–H and O–H groups in total. The zero-order chi connectivity index (χ0) is 29.5. The molecule has 7 rings (SSSR count). The monoisotopic (exact) mass is 566 g/mol. The number of fused-ring (bicyclic) bond motifs is 8. The van der Waals surface area contributed by atoms with Crippen LogP contribution in [0.25, 0.3) is 68.6 Å². The summed E-state index contributed by atoms with van der Waals surface area (Å²) in [6.45, 7) is 2.10. The second kappa shape index (κ2) is 10.7. The number of nitrogens with one attached hydrogen (secondary N) is 2. The second-order valence-corrected chi connectivity index (χ2v) is 10.5. The number of nitrogens with zero attached hydrogens (tertiary/aromatic N) is 2. The van der Waals surface area contributed by atoms with E-state index >= 15 is 0 Å². The van der Waals surface area contributed by atoms with E-state index in [1.807, 2.05) is 54.6 Å². The number of methoxy groups -OCH3 is 3. The van der Waals surface area contributed by atoms with Gasteiger partial charge in [-0.2, -0.15) is 0 Å². The van der Waals surface area contributed by atoms with Gasteiger partial charge in [0.25, 0.3) is 0 Å². The molecule has 8 bridgehead atoms. The van der Waals surface area contributed by atoms with Crippen LogP contribution in [-0.2, 0) is 0 Å². The molecule has 0 amide bonds. The van der Waals surface area contributed by atoms with Crippen molar-refractivity contribution in [2.45, 2.75) is 6.92 Å². The van der Waals surface area contributed by atoms with Gasteiger partial charge >= 0.3 is 0 Å². The molecule has 0 radical (unpaired) electrons. The topological polar surface area (TPSA) is 85.0 Å². The molecular formula is C36H30N4O3. The van der Waals surface area contributed by atoms with Crippen molar-refractivity contribution in [3.63, 3.8) is 0 Å². The van der Waals surface area contributed by atoms with Crippen molar-refractivity contribution in [2.24, 2.45) is 0 Å². The highest BCUT2D eigenvalue weighted by molar-refractivity contribution is 5.96. The second-order valence-electron chi connectivity index (χ2n) is 10.5. The maximum atomic E-state index is 5.86. The van der Waals surface area contributed by atoms with Crippen LogP contribution in [-0.4, -0.2) is 41.3 Å². The molecule has 43 heavy (non-hydrogen) atoms. The van der Waals surface area contributed by atoms with Crippen LogP contribution in [0, 0.1) is 6.92 Å². The normalized spacial score (nSPS) is 12.0. The molecule has 2 aliphatic rings. The Hall–Kier alpha value is -5.56. The Labute approximate surface area is 249 Å².